The third-order valence-corrected chi connectivity index (χ3v) is 3.80. The van der Waals surface area contributed by atoms with Gasteiger partial charge in [0.05, 0.1) is 6.26 Å². The Morgan fingerprint density at radius 2 is 2.13 bits per heavy atom. The number of amides is 2. The van der Waals surface area contributed by atoms with Crippen LogP contribution < -0.4 is 5.32 Å². The largest absolute Gasteiger partial charge is 0.461 e. The molecule has 118 valence electrons. The van der Waals surface area contributed by atoms with E-state index in [4.69, 9.17) is 4.42 Å². The minimum absolute atomic E-state index is 0.138. The minimum Gasteiger partial charge on any atom is -0.461 e. The van der Waals surface area contributed by atoms with Crippen molar-refractivity contribution < 1.29 is 9.21 Å². The normalized spacial score (nSPS) is 14.6. The van der Waals surface area contributed by atoms with E-state index >= 15 is 0 Å². The minimum atomic E-state index is -0.138. The van der Waals surface area contributed by atoms with Crippen molar-refractivity contribution in [2.24, 2.45) is 0 Å². The van der Waals surface area contributed by atoms with Crippen LogP contribution in [0.2, 0.25) is 0 Å². The third-order valence-electron chi connectivity index (χ3n) is 3.80. The highest BCUT2D eigenvalue weighted by Gasteiger charge is 2.20. The predicted molar refractivity (Wildman–Crippen MR) is 83.0 cm³/mol. The number of aryl methyl sites for hydroxylation is 1. The van der Waals surface area contributed by atoms with Gasteiger partial charge in [-0.05, 0) is 31.9 Å². The van der Waals surface area contributed by atoms with Gasteiger partial charge in [-0.3, -0.25) is 5.32 Å². The fourth-order valence-electron chi connectivity index (χ4n) is 2.73. The van der Waals surface area contributed by atoms with Crippen LogP contribution in [0.15, 0.2) is 28.9 Å². The monoisotopic (exact) mass is 312 g/mol. The summed E-state index contributed by atoms with van der Waals surface area (Å²) in [5, 5.41) is 7.17. The van der Waals surface area contributed by atoms with E-state index in [-0.39, 0.29) is 6.03 Å². The highest BCUT2D eigenvalue weighted by atomic mass is 16.3. The summed E-state index contributed by atoms with van der Waals surface area (Å²) in [6.07, 6.45) is 3.66. The maximum Gasteiger partial charge on any atom is 0.323 e. The van der Waals surface area contributed by atoms with E-state index < -0.39 is 0 Å². The Morgan fingerprint density at radius 3 is 2.87 bits per heavy atom. The molecule has 0 unspecified atom stereocenters. The zero-order valence-electron chi connectivity index (χ0n) is 12.7. The number of carbonyl (C=O) groups is 1. The van der Waals surface area contributed by atoms with Crippen molar-refractivity contribution in [2.45, 2.75) is 19.8 Å². The van der Waals surface area contributed by atoms with Gasteiger partial charge < -0.3 is 9.32 Å². The molecule has 0 saturated carbocycles. The molecule has 4 rings (SSSR count). The lowest BCUT2D eigenvalue weighted by atomic mass is 10.4. The molecule has 8 heteroatoms. The maximum atomic E-state index is 12.3. The lowest BCUT2D eigenvalue weighted by molar-refractivity contribution is 0.222. The van der Waals surface area contributed by atoms with Crippen LogP contribution in [0.4, 0.5) is 10.6 Å². The van der Waals surface area contributed by atoms with Gasteiger partial charge >= 0.3 is 6.03 Å². The van der Waals surface area contributed by atoms with Crippen molar-refractivity contribution in [3.8, 4) is 11.6 Å². The quantitative estimate of drug-likeness (QED) is 0.784. The van der Waals surface area contributed by atoms with Gasteiger partial charge in [0, 0.05) is 19.2 Å². The molecule has 1 aliphatic heterocycles. The Bertz CT molecular complexity index is 848. The molecule has 1 saturated heterocycles. The van der Waals surface area contributed by atoms with Crippen LogP contribution in [0.5, 0.6) is 0 Å². The van der Waals surface area contributed by atoms with Gasteiger partial charge in [-0.1, -0.05) is 0 Å². The number of nitrogens with one attached hydrogen (secondary N) is 1. The van der Waals surface area contributed by atoms with Crippen molar-refractivity contribution in [1.82, 2.24) is 24.5 Å². The Hall–Kier alpha value is -2.90. The number of hydrogen-bond acceptors (Lipinski definition) is 5. The molecule has 0 aliphatic carbocycles. The lowest BCUT2D eigenvalue weighted by Gasteiger charge is -2.16. The number of fused-ring (bicyclic) bond motifs is 1. The zero-order valence-corrected chi connectivity index (χ0v) is 12.7. The molecule has 0 bridgehead atoms. The predicted octanol–water partition coefficient (Wildman–Crippen LogP) is 2.32. The molecule has 3 aromatic rings. The van der Waals surface area contributed by atoms with Crippen molar-refractivity contribution >= 4 is 17.5 Å². The van der Waals surface area contributed by atoms with Crippen LogP contribution in [-0.4, -0.2) is 43.6 Å². The number of hydrogen-bond donors (Lipinski definition) is 1. The van der Waals surface area contributed by atoms with Crippen molar-refractivity contribution in [3.05, 3.63) is 30.3 Å². The maximum absolute atomic E-state index is 12.3. The first kappa shape index (κ1) is 13.7. The zero-order chi connectivity index (χ0) is 15.8. The number of anilines is 1. The molecule has 1 aliphatic rings. The van der Waals surface area contributed by atoms with Gasteiger partial charge in [-0.25, -0.2) is 14.8 Å². The summed E-state index contributed by atoms with van der Waals surface area (Å²) in [7, 11) is 0. The first-order valence-corrected chi connectivity index (χ1v) is 7.55. The molecule has 0 spiro atoms. The van der Waals surface area contributed by atoms with Crippen LogP contribution in [0.25, 0.3) is 17.2 Å². The first-order valence-electron chi connectivity index (χ1n) is 7.55. The van der Waals surface area contributed by atoms with E-state index in [1.165, 1.54) is 0 Å². The highest BCUT2D eigenvalue weighted by molar-refractivity contribution is 5.89. The van der Waals surface area contributed by atoms with Gasteiger partial charge in [0.15, 0.2) is 11.4 Å². The Labute approximate surface area is 132 Å². The van der Waals surface area contributed by atoms with Crippen molar-refractivity contribution in [3.63, 3.8) is 0 Å². The third kappa shape index (κ3) is 2.52. The average molecular weight is 312 g/mol. The number of nitrogens with zero attached hydrogens (tertiary/aromatic N) is 5. The molecule has 4 heterocycles. The number of carbonyl (C=O) groups excluding carboxylic acids is 1. The molecular formula is C15H16N6O2. The fraction of sp³-hybridized carbons (Fsp3) is 0.333. The highest BCUT2D eigenvalue weighted by Crippen LogP contribution is 2.22. The van der Waals surface area contributed by atoms with Crippen LogP contribution in [0.1, 0.15) is 18.7 Å². The van der Waals surface area contributed by atoms with Crippen LogP contribution in [-0.2, 0) is 0 Å². The second kappa shape index (κ2) is 5.38. The molecule has 23 heavy (non-hydrogen) atoms. The summed E-state index contributed by atoms with van der Waals surface area (Å²) in [4.78, 5) is 22.9. The first-order chi connectivity index (χ1) is 11.2. The van der Waals surface area contributed by atoms with Gasteiger partial charge in [0.2, 0.25) is 5.82 Å². The number of furan rings is 1. The molecule has 1 fully saturated rings. The van der Waals surface area contributed by atoms with E-state index in [1.54, 1.807) is 40.8 Å². The van der Waals surface area contributed by atoms with Gasteiger partial charge in [-0.15, -0.1) is 5.10 Å². The smallest absolute Gasteiger partial charge is 0.323 e. The summed E-state index contributed by atoms with van der Waals surface area (Å²) in [6.45, 7) is 3.37. The van der Waals surface area contributed by atoms with E-state index in [0.29, 0.717) is 28.9 Å². The summed E-state index contributed by atoms with van der Waals surface area (Å²) >= 11 is 0. The van der Waals surface area contributed by atoms with E-state index in [0.717, 1.165) is 25.9 Å². The lowest BCUT2D eigenvalue weighted by Crippen LogP contribution is -2.32. The molecule has 3 aromatic heterocycles. The summed E-state index contributed by atoms with van der Waals surface area (Å²) in [5.41, 5.74) is 0.612. The average Bonchev–Trinajstić information content (AvgIpc) is 3.27. The van der Waals surface area contributed by atoms with Gasteiger partial charge in [-0.2, -0.15) is 4.52 Å². The van der Waals surface area contributed by atoms with Crippen LogP contribution in [0, 0.1) is 6.92 Å². The van der Waals surface area contributed by atoms with E-state index in [9.17, 15) is 4.79 Å². The Morgan fingerprint density at radius 1 is 1.30 bits per heavy atom. The number of rotatable bonds is 2. The Balaban J connectivity index is 1.74. The second-order valence-electron chi connectivity index (χ2n) is 5.50. The molecule has 2 amide bonds. The van der Waals surface area contributed by atoms with Crippen LogP contribution in [0.3, 0.4) is 0 Å². The van der Waals surface area contributed by atoms with Crippen molar-refractivity contribution in [1.29, 1.82) is 0 Å². The van der Waals surface area contributed by atoms with Crippen LogP contribution >= 0.6 is 0 Å². The van der Waals surface area contributed by atoms with E-state index in [1.807, 2.05) is 0 Å². The Kier molecular flexibility index (Phi) is 3.22. The number of likely N-dealkylation sites (tertiary alicyclic amines) is 1. The van der Waals surface area contributed by atoms with Gasteiger partial charge in [0.25, 0.3) is 0 Å². The number of urea groups is 1. The molecule has 8 nitrogen and oxygen atoms in total. The number of aromatic nitrogens is 4. The van der Waals surface area contributed by atoms with Gasteiger partial charge in [0.1, 0.15) is 11.6 Å². The molecule has 0 aromatic carbocycles. The fourth-order valence-corrected chi connectivity index (χ4v) is 2.73. The SMILES string of the molecule is Cc1nc2cc(NC(=O)N3CCCC3)nc(-c3ccco3)n2n1. The molecule has 1 N–H and O–H groups in total. The topological polar surface area (TPSA) is 88.6 Å². The summed E-state index contributed by atoms with van der Waals surface area (Å²) in [6, 6.07) is 5.15. The van der Waals surface area contributed by atoms with E-state index in [2.05, 4.69) is 20.4 Å². The molecular weight excluding hydrogens is 296 g/mol. The standard InChI is InChI=1S/C15H16N6O2/c1-10-16-13-9-12(18-15(22)20-6-2-3-7-20)17-14(21(13)19-10)11-5-4-8-23-11/h4-5,8-9H,2-3,6-7H2,1H3,(H,18,22). The molecule has 0 radical (unpaired) electrons. The summed E-state index contributed by atoms with van der Waals surface area (Å²) < 4.78 is 7.03. The molecule has 0 atom stereocenters. The summed E-state index contributed by atoms with van der Waals surface area (Å²) in [5.74, 6) is 2.14. The second-order valence-corrected chi connectivity index (χ2v) is 5.50. The van der Waals surface area contributed by atoms with Crippen molar-refractivity contribution in [2.75, 3.05) is 18.4 Å².